The van der Waals surface area contributed by atoms with E-state index in [2.05, 4.69) is 4.98 Å². The van der Waals surface area contributed by atoms with Crippen molar-refractivity contribution in [2.24, 2.45) is 7.05 Å². The zero-order chi connectivity index (χ0) is 24.8. The lowest BCUT2D eigenvalue weighted by molar-refractivity contribution is -0.143. The number of carbonyl (C=O) groups is 1. The molecule has 0 spiro atoms. The van der Waals surface area contributed by atoms with Crippen LogP contribution in [0.3, 0.4) is 0 Å². The molecule has 2 heterocycles. The highest BCUT2D eigenvalue weighted by atomic mass is 32.2. The molecule has 14 heteroatoms. The predicted molar refractivity (Wildman–Crippen MR) is 104 cm³/mol. The summed E-state index contributed by atoms with van der Waals surface area (Å²) in [6, 6.07) is 0.684. The number of hydrogen-bond donors (Lipinski definition) is 0. The summed E-state index contributed by atoms with van der Waals surface area (Å²) in [5.41, 5.74) is -3.95. The highest BCUT2D eigenvalue weighted by molar-refractivity contribution is 7.89. The fourth-order valence-electron chi connectivity index (χ4n) is 3.38. The van der Waals surface area contributed by atoms with Crippen LogP contribution in [-0.4, -0.2) is 59.3 Å². The van der Waals surface area contributed by atoms with Crippen LogP contribution >= 0.6 is 0 Å². The van der Waals surface area contributed by atoms with Gasteiger partial charge in [0.1, 0.15) is 5.82 Å². The molecule has 1 fully saturated rings. The molecule has 1 aliphatic rings. The summed E-state index contributed by atoms with van der Waals surface area (Å²) in [6.07, 6.45) is -8.69. The van der Waals surface area contributed by atoms with E-state index in [4.69, 9.17) is 0 Å². The number of amides is 1. The van der Waals surface area contributed by atoms with Gasteiger partial charge < -0.3 is 9.47 Å². The zero-order valence-corrected chi connectivity index (χ0v) is 18.4. The van der Waals surface area contributed by atoms with Gasteiger partial charge in [0.05, 0.1) is 11.1 Å². The van der Waals surface area contributed by atoms with Crippen LogP contribution < -0.4 is 0 Å². The molecular formula is C19H20F6N4O3S. The first-order valence-corrected chi connectivity index (χ1v) is 11.1. The van der Waals surface area contributed by atoms with Crippen molar-refractivity contribution in [2.75, 3.05) is 26.2 Å². The first-order chi connectivity index (χ1) is 15.1. The van der Waals surface area contributed by atoms with E-state index in [0.29, 0.717) is 18.0 Å². The molecule has 2 aromatic rings. The number of aryl methyl sites for hydroxylation is 2. The summed E-state index contributed by atoms with van der Waals surface area (Å²) >= 11 is 0. The first-order valence-electron chi connectivity index (χ1n) is 9.69. The lowest BCUT2D eigenvalue weighted by Crippen LogP contribution is -2.37. The monoisotopic (exact) mass is 498 g/mol. The minimum atomic E-state index is -5.08. The Morgan fingerprint density at radius 1 is 0.939 bits per heavy atom. The van der Waals surface area contributed by atoms with Gasteiger partial charge in [-0.2, -0.15) is 30.6 Å². The van der Waals surface area contributed by atoms with Crippen LogP contribution in [0.1, 0.15) is 33.7 Å². The molecule has 1 amide bonds. The third-order valence-electron chi connectivity index (χ3n) is 5.27. The average Bonchev–Trinajstić information content (AvgIpc) is 2.91. The van der Waals surface area contributed by atoms with E-state index in [1.54, 1.807) is 14.0 Å². The van der Waals surface area contributed by atoms with Gasteiger partial charge in [0.2, 0.25) is 0 Å². The number of aromatic nitrogens is 2. The maximum atomic E-state index is 13.1. The van der Waals surface area contributed by atoms with Gasteiger partial charge in [-0.05, 0) is 31.5 Å². The Labute approximate surface area is 185 Å². The third kappa shape index (κ3) is 5.32. The summed E-state index contributed by atoms with van der Waals surface area (Å²) in [5, 5.41) is -0.185. The minimum Gasteiger partial charge on any atom is -0.337 e. The molecule has 1 aromatic carbocycles. The van der Waals surface area contributed by atoms with E-state index in [9.17, 15) is 39.6 Å². The number of carbonyl (C=O) groups excluding carboxylic acids is 1. The van der Waals surface area contributed by atoms with Crippen molar-refractivity contribution >= 4 is 15.9 Å². The van der Waals surface area contributed by atoms with Crippen LogP contribution in [-0.2, 0) is 29.4 Å². The quantitative estimate of drug-likeness (QED) is 0.609. The van der Waals surface area contributed by atoms with Gasteiger partial charge in [-0.15, -0.1) is 0 Å². The Kier molecular flexibility index (Phi) is 6.54. The van der Waals surface area contributed by atoms with Crippen LogP contribution in [0, 0.1) is 6.92 Å². The molecule has 0 radical (unpaired) electrons. The van der Waals surface area contributed by atoms with E-state index in [0.717, 1.165) is 9.21 Å². The van der Waals surface area contributed by atoms with Gasteiger partial charge in [0.25, 0.3) is 15.9 Å². The SMILES string of the molecule is Cc1nc(S(=O)(=O)N2CCCN(C(=O)c3cc(C(F)(F)F)cc(C(F)(F)F)c3)CC2)cn1C. The number of benzene rings is 1. The molecule has 0 unspecified atom stereocenters. The van der Waals surface area contributed by atoms with Gasteiger partial charge in [-0.1, -0.05) is 0 Å². The molecule has 0 bridgehead atoms. The van der Waals surface area contributed by atoms with Gasteiger partial charge in [-0.3, -0.25) is 4.79 Å². The van der Waals surface area contributed by atoms with Crippen molar-refractivity contribution in [3.8, 4) is 0 Å². The largest absolute Gasteiger partial charge is 0.416 e. The Morgan fingerprint density at radius 3 is 2.00 bits per heavy atom. The van der Waals surface area contributed by atoms with E-state index >= 15 is 0 Å². The van der Waals surface area contributed by atoms with Crippen LogP contribution in [0.2, 0.25) is 0 Å². The van der Waals surface area contributed by atoms with Gasteiger partial charge >= 0.3 is 12.4 Å². The molecule has 1 saturated heterocycles. The second kappa shape index (κ2) is 8.63. The van der Waals surface area contributed by atoms with E-state index in [1.807, 2.05) is 0 Å². The van der Waals surface area contributed by atoms with Crippen molar-refractivity contribution in [1.29, 1.82) is 0 Å². The highest BCUT2D eigenvalue weighted by Gasteiger charge is 2.38. The number of imidazole rings is 1. The number of alkyl halides is 6. The van der Waals surface area contributed by atoms with Crippen LogP contribution in [0.15, 0.2) is 29.4 Å². The second-order valence-electron chi connectivity index (χ2n) is 7.58. The average molecular weight is 498 g/mol. The summed E-state index contributed by atoms with van der Waals surface area (Å²) in [4.78, 5) is 17.8. The standard InChI is InChI=1S/C19H20F6N4O3S/c1-12-26-16(11-27(12)2)33(31,32)29-5-3-4-28(6-7-29)17(30)13-8-14(18(20,21)22)10-15(9-13)19(23,24)25/h8-11H,3-7H2,1-2H3. The first kappa shape index (κ1) is 25.0. The Bertz CT molecular complexity index is 1110. The maximum absolute atomic E-state index is 13.1. The number of halogens is 6. The highest BCUT2D eigenvalue weighted by Crippen LogP contribution is 2.36. The Balaban J connectivity index is 1.85. The lowest BCUT2D eigenvalue weighted by Gasteiger charge is -2.22. The van der Waals surface area contributed by atoms with Gasteiger partial charge in [0, 0.05) is 45.0 Å². The summed E-state index contributed by atoms with van der Waals surface area (Å²) in [5.74, 6) is -0.579. The Hall–Kier alpha value is -2.61. The van der Waals surface area contributed by atoms with E-state index in [-0.39, 0.29) is 43.7 Å². The van der Waals surface area contributed by atoms with E-state index in [1.165, 1.54) is 10.8 Å². The summed E-state index contributed by atoms with van der Waals surface area (Å²) in [7, 11) is -2.37. The molecule has 0 atom stereocenters. The molecule has 0 N–H and O–H groups in total. The molecule has 182 valence electrons. The minimum absolute atomic E-state index is 0.0120. The topological polar surface area (TPSA) is 75.5 Å². The second-order valence-corrected chi connectivity index (χ2v) is 9.47. The number of nitrogens with zero attached hydrogens (tertiary/aromatic N) is 4. The fraction of sp³-hybridized carbons (Fsp3) is 0.474. The van der Waals surface area contributed by atoms with E-state index < -0.39 is 45.0 Å². The smallest absolute Gasteiger partial charge is 0.337 e. The molecule has 0 aliphatic carbocycles. The third-order valence-corrected chi connectivity index (χ3v) is 7.04. The fourth-order valence-corrected chi connectivity index (χ4v) is 4.88. The van der Waals surface area contributed by atoms with Crippen LogP contribution in [0.5, 0.6) is 0 Å². The van der Waals surface area contributed by atoms with Crippen molar-refractivity contribution in [3.63, 3.8) is 0 Å². The molecule has 7 nitrogen and oxygen atoms in total. The molecular weight excluding hydrogens is 478 g/mol. The van der Waals surface area contributed by atoms with Crippen molar-refractivity contribution in [3.05, 3.63) is 46.9 Å². The Morgan fingerprint density at radius 2 is 1.52 bits per heavy atom. The summed E-state index contributed by atoms with van der Waals surface area (Å²) < 4.78 is 107. The molecule has 0 saturated carbocycles. The molecule has 3 rings (SSSR count). The molecule has 1 aromatic heterocycles. The zero-order valence-electron chi connectivity index (χ0n) is 17.5. The molecule has 1 aliphatic heterocycles. The van der Waals surface area contributed by atoms with Crippen molar-refractivity contribution in [1.82, 2.24) is 18.8 Å². The lowest BCUT2D eigenvalue weighted by atomic mass is 10.0. The van der Waals surface area contributed by atoms with Crippen molar-refractivity contribution < 1.29 is 39.6 Å². The van der Waals surface area contributed by atoms with Crippen LogP contribution in [0.4, 0.5) is 26.3 Å². The number of rotatable bonds is 3. The summed E-state index contributed by atoms with van der Waals surface area (Å²) in [6.45, 7) is 1.20. The number of sulfonamides is 1. The van der Waals surface area contributed by atoms with Gasteiger partial charge in [-0.25, -0.2) is 13.4 Å². The maximum Gasteiger partial charge on any atom is 0.416 e. The number of hydrogen-bond acceptors (Lipinski definition) is 4. The molecule has 33 heavy (non-hydrogen) atoms. The normalized spacial score (nSPS) is 16.7. The van der Waals surface area contributed by atoms with Crippen molar-refractivity contribution in [2.45, 2.75) is 30.7 Å². The van der Waals surface area contributed by atoms with Crippen LogP contribution in [0.25, 0.3) is 0 Å². The predicted octanol–water partition coefficient (Wildman–Crippen LogP) is 3.30. The van der Waals surface area contributed by atoms with Gasteiger partial charge in [0.15, 0.2) is 5.03 Å².